The van der Waals surface area contributed by atoms with Crippen LogP contribution in [0.2, 0.25) is 10.0 Å². The molecular formula is C48H32Cl2N2O6S2Sn. The second-order valence-corrected chi connectivity index (χ2v) is 24.0. The van der Waals surface area contributed by atoms with Crippen LogP contribution in [-0.2, 0) is 28.6 Å². The van der Waals surface area contributed by atoms with Crippen molar-refractivity contribution in [3.05, 3.63) is 201 Å². The summed E-state index contributed by atoms with van der Waals surface area (Å²) in [5.41, 5.74) is 4.22. The van der Waals surface area contributed by atoms with Crippen molar-refractivity contribution in [2.24, 2.45) is 0 Å². The summed E-state index contributed by atoms with van der Waals surface area (Å²) < 4.78 is 10.9. The number of aromatic nitrogens is 2. The molecule has 8 rings (SSSR count). The van der Waals surface area contributed by atoms with Crippen LogP contribution < -0.4 is 0 Å². The first kappa shape index (κ1) is 42.0. The van der Waals surface area contributed by atoms with Crippen LogP contribution >= 0.6 is 45.9 Å². The Bertz CT molecular complexity index is 2640. The van der Waals surface area contributed by atoms with Gasteiger partial charge in [0.05, 0.1) is 0 Å². The first-order valence-corrected chi connectivity index (χ1v) is 26.5. The fourth-order valence-electron chi connectivity index (χ4n) is 6.54. The van der Waals surface area contributed by atoms with E-state index in [0.29, 0.717) is 52.3 Å². The van der Waals surface area contributed by atoms with Crippen molar-refractivity contribution in [1.29, 1.82) is 0 Å². The molecule has 0 spiro atoms. The van der Waals surface area contributed by atoms with E-state index in [4.69, 9.17) is 39.3 Å². The molecule has 0 amide bonds. The summed E-state index contributed by atoms with van der Waals surface area (Å²) in [4.78, 5) is 69.8. The summed E-state index contributed by atoms with van der Waals surface area (Å²) in [5.74, 6) is -1.83. The van der Waals surface area contributed by atoms with Crippen molar-refractivity contribution in [2.75, 3.05) is 0 Å². The molecule has 0 saturated heterocycles. The van der Waals surface area contributed by atoms with E-state index in [0.717, 1.165) is 11.1 Å². The third kappa shape index (κ3) is 9.59. The van der Waals surface area contributed by atoms with Crippen LogP contribution in [0.3, 0.4) is 0 Å². The second kappa shape index (κ2) is 18.9. The Morgan fingerprint density at radius 3 is 1.11 bits per heavy atom. The Balaban J connectivity index is 1.20. The fraction of sp³-hybridized carbons (Fsp3) is 0.0417. The van der Waals surface area contributed by atoms with Crippen LogP contribution in [0.1, 0.15) is 30.5 Å². The summed E-state index contributed by atoms with van der Waals surface area (Å²) in [6, 6.07) is 49.1. The van der Waals surface area contributed by atoms with Gasteiger partial charge in [0.2, 0.25) is 0 Å². The molecule has 0 aliphatic heterocycles. The monoisotopic (exact) mass is 986 g/mol. The SMILES string of the molecule is O=C(Cc1sc(-c2ccccc2)nc1-c1ccc(Cl)cc1)[O][Sn]([O]C(=O)Cc1sc(-c2ccccc2)nc1-c1ccc(Cl)cc1)([C](=O)c1ccccc1)[C](=O)c1ccccc1. The molecule has 300 valence electrons. The van der Waals surface area contributed by atoms with Crippen molar-refractivity contribution < 1.29 is 25.3 Å². The number of halogens is 2. The van der Waals surface area contributed by atoms with Gasteiger partial charge in [-0.25, -0.2) is 0 Å². The zero-order chi connectivity index (χ0) is 42.3. The van der Waals surface area contributed by atoms with Gasteiger partial charge in [-0.3, -0.25) is 0 Å². The first-order valence-electron chi connectivity index (χ1n) is 18.9. The Kier molecular flexibility index (Phi) is 13.0. The van der Waals surface area contributed by atoms with E-state index in [1.54, 1.807) is 84.9 Å². The van der Waals surface area contributed by atoms with Gasteiger partial charge in [0.15, 0.2) is 0 Å². The third-order valence-corrected chi connectivity index (χ3v) is 20.2. The first-order chi connectivity index (χ1) is 29.7. The zero-order valence-corrected chi connectivity index (χ0v) is 38.0. The van der Waals surface area contributed by atoms with Gasteiger partial charge in [-0.1, -0.05) is 0 Å². The normalized spacial score (nSPS) is 11.2. The number of benzene rings is 6. The number of carbonyl (C=O) groups is 4. The van der Waals surface area contributed by atoms with Gasteiger partial charge in [-0.15, -0.1) is 0 Å². The van der Waals surface area contributed by atoms with Gasteiger partial charge in [-0.05, 0) is 0 Å². The van der Waals surface area contributed by atoms with E-state index in [1.807, 2.05) is 60.7 Å². The van der Waals surface area contributed by atoms with E-state index in [-0.39, 0.29) is 24.0 Å². The average Bonchev–Trinajstić information content (AvgIpc) is 3.91. The van der Waals surface area contributed by atoms with E-state index in [1.165, 1.54) is 46.9 Å². The number of thiazole rings is 2. The Morgan fingerprint density at radius 2 is 0.770 bits per heavy atom. The number of rotatable bonds is 14. The van der Waals surface area contributed by atoms with Gasteiger partial charge in [0, 0.05) is 0 Å². The van der Waals surface area contributed by atoms with Crippen molar-refractivity contribution in [3.8, 4) is 43.7 Å². The molecule has 0 saturated carbocycles. The van der Waals surface area contributed by atoms with Crippen molar-refractivity contribution in [1.82, 2.24) is 9.97 Å². The summed E-state index contributed by atoms with van der Waals surface area (Å²) in [5, 5.41) is 2.34. The molecule has 0 radical (unpaired) electrons. The van der Waals surface area contributed by atoms with E-state index < -0.39 is 38.7 Å². The molecular weight excluding hydrogens is 954 g/mol. The molecule has 8 nitrogen and oxygen atoms in total. The molecule has 0 aliphatic rings. The Hall–Kier alpha value is -5.76. The molecule has 61 heavy (non-hydrogen) atoms. The molecule has 13 heteroatoms. The number of hydrogen-bond acceptors (Lipinski definition) is 10. The number of nitrogens with zero attached hydrogens (tertiary/aromatic N) is 2. The molecule has 0 N–H and O–H groups in total. The molecule has 6 aromatic carbocycles. The Labute approximate surface area is 374 Å². The van der Waals surface area contributed by atoms with Crippen LogP contribution in [0.4, 0.5) is 0 Å². The molecule has 0 fully saturated rings. The third-order valence-electron chi connectivity index (χ3n) is 9.47. The average molecular weight is 987 g/mol. The molecule has 0 unspecified atom stereocenters. The summed E-state index contributed by atoms with van der Waals surface area (Å²) in [6.45, 7) is 0. The maximum absolute atomic E-state index is 14.9. The van der Waals surface area contributed by atoms with E-state index >= 15 is 0 Å². The molecule has 2 aromatic heterocycles. The van der Waals surface area contributed by atoms with Crippen LogP contribution in [0.5, 0.6) is 0 Å². The maximum atomic E-state index is 14.9. The summed E-state index contributed by atoms with van der Waals surface area (Å²) >= 11 is 8.60. The standard InChI is InChI=1S/2C17H12ClNO2S.2C7H5O.Sn/c2*18-13-8-6-11(7-9-13)16-14(10-15(20)21)22-17(19-16)12-4-2-1-3-5-12;2*8-6-7-4-2-1-3-5-7;/h2*1-9H,10H2,(H,20,21);2*1-5H;/q;;;;+2/p-2. The van der Waals surface area contributed by atoms with Crippen LogP contribution in [0, 0.1) is 0 Å². The van der Waals surface area contributed by atoms with E-state index in [2.05, 4.69) is 0 Å². The van der Waals surface area contributed by atoms with Gasteiger partial charge < -0.3 is 0 Å². The summed E-state index contributed by atoms with van der Waals surface area (Å²) in [7, 11) is 0. The van der Waals surface area contributed by atoms with Crippen molar-refractivity contribution in [2.45, 2.75) is 12.8 Å². The molecule has 0 atom stereocenters. The minimum atomic E-state index is -6.42. The predicted octanol–water partition coefficient (Wildman–Crippen LogP) is 11.7. The van der Waals surface area contributed by atoms with Gasteiger partial charge in [0.1, 0.15) is 0 Å². The summed E-state index contributed by atoms with van der Waals surface area (Å²) in [6.07, 6.45) is -0.752. The minimum absolute atomic E-state index is 0.0696. The number of hydrogen-bond donors (Lipinski definition) is 0. The van der Waals surface area contributed by atoms with E-state index in [9.17, 15) is 19.2 Å². The van der Waals surface area contributed by atoms with Crippen LogP contribution in [0.15, 0.2) is 170 Å². The molecule has 2 heterocycles. The second-order valence-electron chi connectivity index (χ2n) is 13.6. The van der Waals surface area contributed by atoms with Gasteiger partial charge in [0.25, 0.3) is 0 Å². The zero-order valence-electron chi connectivity index (χ0n) is 32.0. The molecule has 8 aromatic rings. The van der Waals surface area contributed by atoms with Crippen LogP contribution in [-0.4, -0.2) is 48.7 Å². The fourth-order valence-corrected chi connectivity index (χ4v) is 16.1. The van der Waals surface area contributed by atoms with Gasteiger partial charge in [-0.2, -0.15) is 0 Å². The Morgan fingerprint density at radius 1 is 0.443 bits per heavy atom. The quantitative estimate of drug-likeness (QED) is 0.0990. The van der Waals surface area contributed by atoms with Gasteiger partial charge >= 0.3 is 377 Å². The molecule has 0 aliphatic carbocycles. The predicted molar refractivity (Wildman–Crippen MR) is 243 cm³/mol. The van der Waals surface area contributed by atoms with Crippen LogP contribution in [0.25, 0.3) is 43.7 Å². The molecule has 0 bridgehead atoms. The number of carbonyl (C=O) groups excluding carboxylic acids is 4. The topological polar surface area (TPSA) is 113 Å². The van der Waals surface area contributed by atoms with Crippen molar-refractivity contribution in [3.63, 3.8) is 0 Å². The van der Waals surface area contributed by atoms with Crippen molar-refractivity contribution >= 4 is 84.6 Å².